The van der Waals surface area contributed by atoms with E-state index in [9.17, 15) is 14.4 Å². The summed E-state index contributed by atoms with van der Waals surface area (Å²) >= 11 is 0. The highest BCUT2D eigenvalue weighted by Gasteiger charge is 2.40. The van der Waals surface area contributed by atoms with Crippen LogP contribution in [0.3, 0.4) is 0 Å². The van der Waals surface area contributed by atoms with E-state index in [1.54, 1.807) is 18.1 Å². The van der Waals surface area contributed by atoms with Crippen LogP contribution in [0.25, 0.3) is 10.9 Å². The van der Waals surface area contributed by atoms with E-state index < -0.39 is 11.9 Å². The molecule has 1 aromatic heterocycles. The highest BCUT2D eigenvalue weighted by Crippen LogP contribution is 2.32. The fourth-order valence-electron chi connectivity index (χ4n) is 6.97. The number of nitrogens with zero attached hydrogens (tertiary/aromatic N) is 4. The monoisotopic (exact) mass is 599 g/mol. The van der Waals surface area contributed by atoms with Crippen molar-refractivity contribution in [3.8, 4) is 5.75 Å². The summed E-state index contributed by atoms with van der Waals surface area (Å²) in [5, 5.41) is 3.39. The zero-order valence-electron chi connectivity index (χ0n) is 24.9. The molecule has 0 spiro atoms. The number of hydrogen-bond acceptors (Lipinski definition) is 9. The van der Waals surface area contributed by atoms with Crippen molar-refractivity contribution in [1.82, 2.24) is 25.1 Å². The van der Waals surface area contributed by atoms with E-state index in [1.807, 2.05) is 18.3 Å². The Morgan fingerprint density at radius 1 is 1.05 bits per heavy atom. The molecule has 3 saturated heterocycles. The standard InChI is InChI=1S/C33H37N5O6/c1-42-19-24-16-37(15-20-2-5-27-22(12-20)14-34-31(35-27)21-8-10-43-11-9-21)18-29(24)44-25-3-4-26-23(13-25)17-38(33(26)41)28-6-7-30(39)36-32(28)40/h2-5,12-14,21,24,28-29H,6-11,15-19H2,1H3,(H,36,39,40)/t24-,28-,29+/m0/s1. The quantitative estimate of drug-likeness (QED) is 0.390. The van der Waals surface area contributed by atoms with Gasteiger partial charge in [-0.05, 0) is 60.7 Å². The number of ether oxygens (including phenoxy) is 3. The van der Waals surface area contributed by atoms with Gasteiger partial charge in [0.2, 0.25) is 11.8 Å². The minimum absolute atomic E-state index is 0.0813. The maximum absolute atomic E-state index is 13.1. The number of carbonyl (C=O) groups is 3. The number of nitrogens with one attached hydrogen (secondary N) is 1. The Morgan fingerprint density at radius 2 is 1.91 bits per heavy atom. The van der Waals surface area contributed by atoms with Gasteiger partial charge in [-0.15, -0.1) is 0 Å². The van der Waals surface area contributed by atoms with Gasteiger partial charge in [-0.3, -0.25) is 24.6 Å². The van der Waals surface area contributed by atoms with Gasteiger partial charge in [-0.2, -0.15) is 0 Å². The molecule has 4 aliphatic rings. The minimum Gasteiger partial charge on any atom is -0.489 e. The number of methoxy groups -OCH3 is 1. The van der Waals surface area contributed by atoms with Crippen molar-refractivity contribution in [2.75, 3.05) is 40.0 Å². The van der Waals surface area contributed by atoms with Crippen LogP contribution in [0, 0.1) is 5.92 Å². The Balaban J connectivity index is 1.01. The molecule has 0 radical (unpaired) electrons. The van der Waals surface area contributed by atoms with Crippen molar-refractivity contribution in [2.45, 2.75) is 56.8 Å². The molecule has 3 amide bonds. The SMILES string of the molecule is COC[C@@H]1CN(Cc2ccc3nc(C4CCOCC4)ncc3c2)C[C@H]1Oc1ccc2c(c1)CN([C@H]1CCC(=O)NC1=O)C2=O. The second-order valence-corrected chi connectivity index (χ2v) is 12.3. The lowest BCUT2D eigenvalue weighted by Crippen LogP contribution is -2.52. The first-order chi connectivity index (χ1) is 21.4. The smallest absolute Gasteiger partial charge is 0.255 e. The second-order valence-electron chi connectivity index (χ2n) is 12.3. The molecule has 3 aromatic rings. The zero-order chi connectivity index (χ0) is 30.2. The van der Waals surface area contributed by atoms with Gasteiger partial charge in [0.15, 0.2) is 0 Å². The van der Waals surface area contributed by atoms with Crippen molar-refractivity contribution < 1.29 is 28.6 Å². The lowest BCUT2D eigenvalue weighted by atomic mass is 9.99. The van der Waals surface area contributed by atoms with Crippen LogP contribution in [0.2, 0.25) is 0 Å². The third-order valence-corrected chi connectivity index (χ3v) is 9.28. The number of piperidine rings is 1. The molecular weight excluding hydrogens is 562 g/mol. The number of rotatable bonds is 8. The number of hydrogen-bond donors (Lipinski definition) is 1. The average Bonchev–Trinajstić information content (AvgIpc) is 3.56. The summed E-state index contributed by atoms with van der Waals surface area (Å²) < 4.78 is 17.6. The highest BCUT2D eigenvalue weighted by molar-refractivity contribution is 6.05. The van der Waals surface area contributed by atoms with Crippen LogP contribution in [0.1, 0.15) is 58.9 Å². The van der Waals surface area contributed by atoms with Crippen LogP contribution >= 0.6 is 0 Å². The molecular formula is C33H37N5O6. The first-order valence-corrected chi connectivity index (χ1v) is 15.4. The lowest BCUT2D eigenvalue weighted by Gasteiger charge is -2.29. The summed E-state index contributed by atoms with van der Waals surface area (Å²) in [6.07, 6.45) is 4.37. The number of fused-ring (bicyclic) bond motifs is 2. The predicted octanol–water partition coefficient (Wildman–Crippen LogP) is 2.81. The molecule has 0 aliphatic carbocycles. The van der Waals surface area contributed by atoms with Crippen LogP contribution in [0.15, 0.2) is 42.6 Å². The normalized spacial score (nSPS) is 24.6. The largest absolute Gasteiger partial charge is 0.489 e. The Kier molecular flexibility index (Phi) is 8.00. The fourth-order valence-corrected chi connectivity index (χ4v) is 6.97. The molecule has 4 aliphatic heterocycles. The molecule has 11 nitrogen and oxygen atoms in total. The molecule has 5 heterocycles. The summed E-state index contributed by atoms with van der Waals surface area (Å²) in [6.45, 7) is 4.78. The molecule has 230 valence electrons. The van der Waals surface area contributed by atoms with E-state index in [0.29, 0.717) is 36.8 Å². The molecule has 2 aromatic carbocycles. The zero-order valence-corrected chi connectivity index (χ0v) is 24.9. The lowest BCUT2D eigenvalue weighted by molar-refractivity contribution is -0.136. The topological polar surface area (TPSA) is 123 Å². The van der Waals surface area contributed by atoms with E-state index in [1.165, 1.54) is 5.56 Å². The Morgan fingerprint density at radius 3 is 2.73 bits per heavy atom. The van der Waals surface area contributed by atoms with Gasteiger partial charge < -0.3 is 19.1 Å². The number of imide groups is 1. The minimum atomic E-state index is -0.637. The molecule has 3 atom stereocenters. The van der Waals surface area contributed by atoms with Gasteiger partial charge in [0.1, 0.15) is 23.7 Å². The Bertz CT molecular complexity index is 1590. The second kappa shape index (κ2) is 12.2. The summed E-state index contributed by atoms with van der Waals surface area (Å²) in [5.74, 6) is 1.25. The molecule has 3 fully saturated rings. The Hall–Kier alpha value is -3.93. The molecule has 0 unspecified atom stereocenters. The number of aromatic nitrogens is 2. The van der Waals surface area contributed by atoms with Crippen molar-refractivity contribution in [1.29, 1.82) is 0 Å². The van der Waals surface area contributed by atoms with Crippen molar-refractivity contribution in [3.05, 3.63) is 65.1 Å². The Labute approximate surface area is 255 Å². The molecule has 0 saturated carbocycles. The summed E-state index contributed by atoms with van der Waals surface area (Å²) in [5.41, 5.74) is 3.56. The van der Waals surface area contributed by atoms with Gasteiger partial charge in [-0.25, -0.2) is 9.97 Å². The van der Waals surface area contributed by atoms with Crippen LogP contribution in [-0.4, -0.2) is 89.7 Å². The molecule has 44 heavy (non-hydrogen) atoms. The third kappa shape index (κ3) is 5.79. The molecule has 11 heteroatoms. The van der Waals surface area contributed by atoms with Crippen molar-refractivity contribution >= 4 is 28.6 Å². The summed E-state index contributed by atoms with van der Waals surface area (Å²) in [4.78, 5) is 50.6. The van der Waals surface area contributed by atoms with E-state index >= 15 is 0 Å². The predicted molar refractivity (Wildman–Crippen MR) is 160 cm³/mol. The van der Waals surface area contributed by atoms with Crippen molar-refractivity contribution in [3.63, 3.8) is 0 Å². The number of benzene rings is 2. The first kappa shape index (κ1) is 28.8. The summed E-state index contributed by atoms with van der Waals surface area (Å²) in [7, 11) is 1.71. The maximum atomic E-state index is 13.1. The van der Waals surface area contributed by atoms with E-state index in [-0.39, 0.29) is 30.3 Å². The van der Waals surface area contributed by atoms with E-state index in [4.69, 9.17) is 24.2 Å². The van der Waals surface area contributed by atoms with Crippen LogP contribution in [0.4, 0.5) is 0 Å². The number of amides is 3. The van der Waals surface area contributed by atoms with Gasteiger partial charge >= 0.3 is 0 Å². The molecule has 7 rings (SSSR count). The first-order valence-electron chi connectivity index (χ1n) is 15.4. The van der Waals surface area contributed by atoms with Gasteiger partial charge in [0.25, 0.3) is 5.91 Å². The van der Waals surface area contributed by atoms with Gasteiger partial charge in [0.05, 0.1) is 12.1 Å². The van der Waals surface area contributed by atoms with Crippen LogP contribution in [-0.2, 0) is 32.2 Å². The van der Waals surface area contributed by atoms with Crippen molar-refractivity contribution in [2.24, 2.45) is 5.92 Å². The maximum Gasteiger partial charge on any atom is 0.255 e. The van der Waals surface area contributed by atoms with E-state index in [0.717, 1.165) is 68.0 Å². The third-order valence-electron chi connectivity index (χ3n) is 9.28. The highest BCUT2D eigenvalue weighted by atomic mass is 16.5. The summed E-state index contributed by atoms with van der Waals surface area (Å²) in [6, 6.07) is 11.3. The van der Waals surface area contributed by atoms with E-state index in [2.05, 4.69) is 28.4 Å². The van der Waals surface area contributed by atoms with Crippen LogP contribution < -0.4 is 10.1 Å². The van der Waals surface area contributed by atoms with Gasteiger partial charge in [-0.1, -0.05) is 6.07 Å². The van der Waals surface area contributed by atoms with Crippen LogP contribution in [0.5, 0.6) is 5.75 Å². The number of carbonyl (C=O) groups excluding carboxylic acids is 3. The average molecular weight is 600 g/mol. The molecule has 0 bridgehead atoms. The molecule has 1 N–H and O–H groups in total. The number of likely N-dealkylation sites (tertiary alicyclic amines) is 1. The fraction of sp³-hybridized carbons (Fsp3) is 0.485. The van der Waals surface area contributed by atoms with Gasteiger partial charge in [0, 0.05) is 81.9 Å².